The average molecular weight is 530 g/mol. The van der Waals surface area contributed by atoms with E-state index in [0.29, 0.717) is 35.1 Å². The van der Waals surface area contributed by atoms with Gasteiger partial charge in [-0.25, -0.2) is 17.9 Å². The van der Waals surface area contributed by atoms with Gasteiger partial charge in [0.05, 0.1) is 31.5 Å². The van der Waals surface area contributed by atoms with E-state index < -0.39 is 30.2 Å². The van der Waals surface area contributed by atoms with Gasteiger partial charge in [0.2, 0.25) is 0 Å². The summed E-state index contributed by atoms with van der Waals surface area (Å²) in [6.07, 6.45) is -0.799. The number of aromatic nitrogens is 2. The summed E-state index contributed by atoms with van der Waals surface area (Å²) in [5, 5.41) is 13.7. The second-order valence-electron chi connectivity index (χ2n) is 9.52. The van der Waals surface area contributed by atoms with Crippen molar-refractivity contribution in [1.82, 2.24) is 20.4 Å². The summed E-state index contributed by atoms with van der Waals surface area (Å²) >= 11 is 0. The maximum Gasteiger partial charge on any atom is 0.260 e. The molecule has 0 aliphatic carbocycles. The van der Waals surface area contributed by atoms with Crippen molar-refractivity contribution in [2.75, 3.05) is 32.6 Å². The van der Waals surface area contributed by atoms with Gasteiger partial charge >= 0.3 is 0 Å². The predicted octanol–water partition coefficient (Wildman–Crippen LogP) is 4.55. The highest BCUT2D eigenvalue weighted by atomic mass is 19.3. The van der Waals surface area contributed by atoms with E-state index >= 15 is 0 Å². The van der Waals surface area contributed by atoms with Crippen LogP contribution in [0.1, 0.15) is 47.3 Å². The molecule has 1 amide bonds. The first kappa shape index (κ1) is 25.9. The Morgan fingerprint density at radius 3 is 2.63 bits per heavy atom. The van der Waals surface area contributed by atoms with Crippen molar-refractivity contribution < 1.29 is 27.4 Å². The van der Waals surface area contributed by atoms with Crippen LogP contribution < -0.4 is 25.4 Å². The van der Waals surface area contributed by atoms with E-state index in [9.17, 15) is 18.0 Å². The highest BCUT2D eigenvalue weighted by Crippen LogP contribution is 2.41. The van der Waals surface area contributed by atoms with Crippen LogP contribution in [0.25, 0.3) is 11.3 Å². The molecule has 3 N–H and O–H groups in total. The Hall–Kier alpha value is -3.73. The standard InChI is InChI=1S/C27H30F3N5O3/c1-37-23-8-6-16(11-24(23)38-2)20-12-22(26(29)30)35-25(33-20)13-21(34-35)15-5-7-18(19(28)10-15)27(36)32-17-4-3-9-31-14-17/h5-8,10-11,13,17,20,22,26,31,33H,3-4,9,12,14H2,1-2H3,(H,32,36). The van der Waals surface area contributed by atoms with Gasteiger partial charge in [0, 0.05) is 24.2 Å². The van der Waals surface area contributed by atoms with Crippen molar-refractivity contribution in [3.05, 3.63) is 59.4 Å². The van der Waals surface area contributed by atoms with E-state index in [4.69, 9.17) is 9.47 Å². The Morgan fingerprint density at radius 2 is 1.95 bits per heavy atom. The number of hydrogen-bond acceptors (Lipinski definition) is 6. The first-order chi connectivity index (χ1) is 18.4. The Kier molecular flexibility index (Phi) is 7.46. The molecule has 5 rings (SSSR count). The molecule has 3 heterocycles. The summed E-state index contributed by atoms with van der Waals surface area (Å²) in [7, 11) is 3.04. The molecule has 2 aliphatic rings. The molecular weight excluding hydrogens is 499 g/mol. The number of nitrogens with one attached hydrogen (secondary N) is 3. The number of fused-ring (bicyclic) bond motifs is 1. The fourth-order valence-corrected chi connectivity index (χ4v) is 5.07. The van der Waals surface area contributed by atoms with Gasteiger partial charge in [-0.2, -0.15) is 5.10 Å². The molecule has 11 heteroatoms. The summed E-state index contributed by atoms with van der Waals surface area (Å²) < 4.78 is 55.1. The Morgan fingerprint density at radius 1 is 1.13 bits per heavy atom. The number of rotatable bonds is 7. The smallest absolute Gasteiger partial charge is 0.260 e. The molecule has 3 unspecified atom stereocenters. The van der Waals surface area contributed by atoms with Crippen LogP contribution in [-0.2, 0) is 0 Å². The van der Waals surface area contributed by atoms with Gasteiger partial charge < -0.3 is 25.4 Å². The van der Waals surface area contributed by atoms with E-state index in [1.165, 1.54) is 31.0 Å². The molecule has 0 bridgehead atoms. The lowest BCUT2D eigenvalue weighted by Crippen LogP contribution is -2.45. The van der Waals surface area contributed by atoms with Crippen molar-refractivity contribution in [3.8, 4) is 22.8 Å². The van der Waals surface area contributed by atoms with Gasteiger partial charge in [-0.15, -0.1) is 0 Å². The fraction of sp³-hybridized carbons (Fsp3) is 0.407. The van der Waals surface area contributed by atoms with E-state index in [0.717, 1.165) is 24.9 Å². The van der Waals surface area contributed by atoms with Gasteiger partial charge in [0.25, 0.3) is 12.3 Å². The van der Waals surface area contributed by atoms with Crippen molar-refractivity contribution in [3.63, 3.8) is 0 Å². The maximum atomic E-state index is 15.0. The van der Waals surface area contributed by atoms with Crippen LogP contribution in [0.5, 0.6) is 11.5 Å². The third kappa shape index (κ3) is 5.15. The van der Waals surface area contributed by atoms with E-state index in [1.54, 1.807) is 30.3 Å². The largest absolute Gasteiger partial charge is 0.493 e. The molecular formula is C27H30F3N5O3. The Balaban J connectivity index is 1.39. The van der Waals surface area contributed by atoms with Crippen molar-refractivity contribution >= 4 is 11.7 Å². The minimum Gasteiger partial charge on any atom is -0.493 e. The predicted molar refractivity (Wildman–Crippen MR) is 137 cm³/mol. The lowest BCUT2D eigenvalue weighted by molar-refractivity contribution is 0.0659. The minimum atomic E-state index is -2.66. The van der Waals surface area contributed by atoms with Crippen LogP contribution in [-0.4, -0.2) is 55.5 Å². The molecule has 3 aromatic rings. The number of nitrogens with zero attached hydrogens (tertiary/aromatic N) is 2. The summed E-state index contributed by atoms with van der Waals surface area (Å²) in [6.45, 7) is 1.55. The Bertz CT molecular complexity index is 1310. The number of carbonyl (C=O) groups excluding carboxylic acids is 1. The summed E-state index contributed by atoms with van der Waals surface area (Å²) in [6, 6.07) is 9.44. The molecule has 8 nitrogen and oxygen atoms in total. The van der Waals surface area contributed by atoms with Gasteiger partial charge in [0.1, 0.15) is 17.7 Å². The van der Waals surface area contributed by atoms with Crippen LogP contribution in [0.3, 0.4) is 0 Å². The first-order valence-electron chi connectivity index (χ1n) is 12.6. The number of amides is 1. The topological polar surface area (TPSA) is 89.4 Å². The van der Waals surface area contributed by atoms with Crippen LogP contribution in [0.2, 0.25) is 0 Å². The molecule has 0 spiro atoms. The molecule has 1 fully saturated rings. The highest BCUT2D eigenvalue weighted by Gasteiger charge is 2.35. The summed E-state index contributed by atoms with van der Waals surface area (Å²) in [4.78, 5) is 12.6. The number of hydrogen-bond donors (Lipinski definition) is 3. The molecule has 1 saturated heterocycles. The lowest BCUT2D eigenvalue weighted by Gasteiger charge is -2.32. The van der Waals surface area contributed by atoms with Crippen LogP contribution in [0.15, 0.2) is 42.5 Å². The zero-order chi connectivity index (χ0) is 26.8. The molecule has 3 atom stereocenters. The van der Waals surface area contributed by atoms with E-state index in [-0.39, 0.29) is 18.0 Å². The number of carbonyl (C=O) groups is 1. The average Bonchev–Trinajstić information content (AvgIpc) is 3.36. The molecule has 0 radical (unpaired) electrons. The molecule has 1 aromatic heterocycles. The van der Waals surface area contributed by atoms with Crippen LogP contribution in [0.4, 0.5) is 19.0 Å². The minimum absolute atomic E-state index is 0.0498. The molecule has 2 aromatic carbocycles. The van der Waals surface area contributed by atoms with E-state index in [2.05, 4.69) is 21.0 Å². The third-order valence-corrected chi connectivity index (χ3v) is 7.09. The molecule has 38 heavy (non-hydrogen) atoms. The number of benzene rings is 2. The quantitative estimate of drug-likeness (QED) is 0.416. The van der Waals surface area contributed by atoms with E-state index in [1.807, 2.05) is 0 Å². The number of ether oxygens (including phenoxy) is 2. The lowest BCUT2D eigenvalue weighted by atomic mass is 9.97. The Labute approximate surface area is 218 Å². The fourth-order valence-electron chi connectivity index (χ4n) is 5.07. The van der Waals surface area contributed by atoms with Crippen molar-refractivity contribution in [2.45, 2.75) is 43.8 Å². The highest BCUT2D eigenvalue weighted by molar-refractivity contribution is 5.95. The summed E-state index contributed by atoms with van der Waals surface area (Å²) in [5.74, 6) is 0.252. The third-order valence-electron chi connectivity index (χ3n) is 7.09. The van der Waals surface area contributed by atoms with Gasteiger partial charge in [-0.1, -0.05) is 12.1 Å². The number of anilines is 1. The van der Waals surface area contributed by atoms with Gasteiger partial charge in [-0.3, -0.25) is 4.79 Å². The number of piperidine rings is 1. The van der Waals surface area contributed by atoms with Crippen molar-refractivity contribution in [2.24, 2.45) is 0 Å². The molecule has 2 aliphatic heterocycles. The van der Waals surface area contributed by atoms with Gasteiger partial charge in [0.15, 0.2) is 11.5 Å². The SMILES string of the molecule is COc1ccc(C2CC(C(F)F)n3nc(-c4ccc(C(=O)NC5CCCNC5)c(F)c4)cc3N2)cc1OC. The summed E-state index contributed by atoms with van der Waals surface area (Å²) in [5.41, 5.74) is 1.41. The van der Waals surface area contributed by atoms with Crippen LogP contribution in [0, 0.1) is 5.82 Å². The molecule has 202 valence electrons. The molecule has 0 saturated carbocycles. The van der Waals surface area contributed by atoms with Crippen molar-refractivity contribution in [1.29, 1.82) is 0 Å². The maximum absolute atomic E-state index is 15.0. The second kappa shape index (κ2) is 10.9. The first-order valence-corrected chi connectivity index (χ1v) is 12.6. The number of alkyl halides is 2. The number of methoxy groups -OCH3 is 2. The monoisotopic (exact) mass is 529 g/mol. The van der Waals surface area contributed by atoms with Crippen LogP contribution >= 0.6 is 0 Å². The zero-order valence-electron chi connectivity index (χ0n) is 21.1. The number of halogens is 3. The zero-order valence-corrected chi connectivity index (χ0v) is 21.1. The van der Waals surface area contributed by atoms with Gasteiger partial charge in [-0.05, 0) is 55.6 Å². The second-order valence-corrected chi connectivity index (χ2v) is 9.52. The normalized spacial score (nSPS) is 20.9.